The van der Waals surface area contributed by atoms with Crippen LogP contribution >= 0.6 is 11.3 Å². The standard InChI is InChI=1S/C25H20N2O6S/c1-4-32-24(31)22-13(3)26-25(34-22)27-19(14-6-8-15(28)9-7-14)18-20(29)16-11-12(2)5-10-17(16)33-21(18)23(27)30/h5-11,19,28H,4H2,1-3H3/t19-/m0/s1. The average molecular weight is 477 g/mol. The number of benzene rings is 2. The molecule has 0 aliphatic carbocycles. The van der Waals surface area contributed by atoms with Crippen molar-refractivity contribution in [2.45, 2.75) is 26.8 Å². The molecule has 2 aromatic heterocycles. The Morgan fingerprint density at radius 2 is 1.91 bits per heavy atom. The largest absolute Gasteiger partial charge is 0.508 e. The van der Waals surface area contributed by atoms with Gasteiger partial charge in [0, 0.05) is 0 Å². The molecule has 1 N–H and O–H groups in total. The maximum absolute atomic E-state index is 13.6. The summed E-state index contributed by atoms with van der Waals surface area (Å²) in [5, 5.41) is 10.4. The van der Waals surface area contributed by atoms with Crippen LogP contribution in [-0.2, 0) is 4.74 Å². The number of aromatic hydroxyl groups is 1. The van der Waals surface area contributed by atoms with E-state index in [1.807, 2.05) is 13.0 Å². The number of amides is 1. The van der Waals surface area contributed by atoms with Crippen molar-refractivity contribution in [1.82, 2.24) is 4.98 Å². The number of carbonyl (C=O) groups excluding carboxylic acids is 2. The molecule has 0 saturated carbocycles. The van der Waals surface area contributed by atoms with E-state index in [-0.39, 0.29) is 39.1 Å². The number of aryl methyl sites for hydroxylation is 2. The summed E-state index contributed by atoms with van der Waals surface area (Å²) in [5.74, 6) is -1.07. The first kappa shape index (κ1) is 21.8. The third kappa shape index (κ3) is 3.36. The Morgan fingerprint density at radius 3 is 2.62 bits per heavy atom. The highest BCUT2D eigenvalue weighted by atomic mass is 32.1. The van der Waals surface area contributed by atoms with E-state index in [0.29, 0.717) is 22.2 Å². The quantitative estimate of drug-likeness (QED) is 0.432. The summed E-state index contributed by atoms with van der Waals surface area (Å²) in [7, 11) is 0. The van der Waals surface area contributed by atoms with Crippen LogP contribution in [0.5, 0.6) is 5.75 Å². The number of esters is 1. The number of phenolic OH excluding ortho intramolecular Hbond substituents is 1. The monoisotopic (exact) mass is 476 g/mol. The van der Waals surface area contributed by atoms with Crippen LogP contribution in [0.15, 0.2) is 51.7 Å². The highest BCUT2D eigenvalue weighted by Gasteiger charge is 2.45. The van der Waals surface area contributed by atoms with Crippen molar-refractivity contribution in [3.8, 4) is 5.75 Å². The number of nitrogens with zero attached hydrogens (tertiary/aromatic N) is 2. The van der Waals surface area contributed by atoms with E-state index in [1.165, 1.54) is 17.0 Å². The van der Waals surface area contributed by atoms with Gasteiger partial charge in [0.25, 0.3) is 5.91 Å². The Hall–Kier alpha value is -3.98. The molecule has 9 heteroatoms. The Labute approximate surface area is 198 Å². The molecular weight excluding hydrogens is 456 g/mol. The highest BCUT2D eigenvalue weighted by Crippen LogP contribution is 2.43. The zero-order valence-electron chi connectivity index (χ0n) is 18.6. The molecule has 0 saturated heterocycles. The number of carbonyl (C=O) groups is 2. The second kappa shape index (κ2) is 8.11. The number of anilines is 1. The lowest BCUT2D eigenvalue weighted by Gasteiger charge is -2.22. The van der Waals surface area contributed by atoms with Crippen LogP contribution in [0, 0.1) is 13.8 Å². The number of thiazole rings is 1. The molecule has 3 heterocycles. The van der Waals surface area contributed by atoms with E-state index in [2.05, 4.69) is 4.98 Å². The lowest BCUT2D eigenvalue weighted by atomic mass is 9.98. The van der Waals surface area contributed by atoms with Crippen molar-refractivity contribution in [3.63, 3.8) is 0 Å². The van der Waals surface area contributed by atoms with Gasteiger partial charge in [0.15, 0.2) is 10.6 Å². The molecule has 5 rings (SSSR count). The number of hydrogen-bond acceptors (Lipinski definition) is 8. The average Bonchev–Trinajstić information content (AvgIpc) is 3.33. The van der Waals surface area contributed by atoms with Gasteiger partial charge in [0.2, 0.25) is 5.76 Å². The van der Waals surface area contributed by atoms with Gasteiger partial charge < -0.3 is 14.3 Å². The fourth-order valence-corrected chi connectivity index (χ4v) is 5.11. The number of fused-ring (bicyclic) bond motifs is 2. The molecule has 0 spiro atoms. The first-order valence-electron chi connectivity index (χ1n) is 10.6. The van der Waals surface area contributed by atoms with Gasteiger partial charge in [0.05, 0.1) is 29.3 Å². The molecule has 0 fully saturated rings. The van der Waals surface area contributed by atoms with Crippen LogP contribution in [0.4, 0.5) is 5.13 Å². The normalized spacial score (nSPS) is 15.1. The summed E-state index contributed by atoms with van der Waals surface area (Å²) in [4.78, 5) is 45.7. The molecule has 0 bridgehead atoms. The Kier molecular flexibility index (Phi) is 5.21. The SMILES string of the molecule is CCOC(=O)c1sc(N2C(=O)c3oc4ccc(C)cc4c(=O)c3[C@@H]2c2ccc(O)cc2)nc1C. The summed E-state index contributed by atoms with van der Waals surface area (Å²) >= 11 is 1.02. The van der Waals surface area contributed by atoms with Crippen molar-refractivity contribution in [3.05, 3.63) is 85.7 Å². The molecule has 1 aliphatic heterocycles. The number of hydrogen-bond donors (Lipinski definition) is 1. The molecule has 1 atom stereocenters. The van der Waals surface area contributed by atoms with Gasteiger partial charge >= 0.3 is 5.97 Å². The van der Waals surface area contributed by atoms with Crippen LogP contribution in [0.1, 0.15) is 55.6 Å². The second-order valence-electron chi connectivity index (χ2n) is 7.97. The number of rotatable bonds is 4. The predicted molar refractivity (Wildman–Crippen MR) is 127 cm³/mol. The summed E-state index contributed by atoms with van der Waals surface area (Å²) < 4.78 is 11.1. The Morgan fingerprint density at radius 1 is 1.18 bits per heavy atom. The van der Waals surface area contributed by atoms with E-state index < -0.39 is 17.9 Å². The minimum Gasteiger partial charge on any atom is -0.508 e. The van der Waals surface area contributed by atoms with E-state index in [9.17, 15) is 19.5 Å². The van der Waals surface area contributed by atoms with Crippen molar-refractivity contribution in [1.29, 1.82) is 0 Å². The minimum absolute atomic E-state index is 0.0516. The van der Waals surface area contributed by atoms with Gasteiger partial charge in [-0.3, -0.25) is 14.5 Å². The maximum Gasteiger partial charge on any atom is 0.350 e. The Balaban J connectivity index is 1.75. The maximum atomic E-state index is 13.6. The predicted octanol–water partition coefficient (Wildman–Crippen LogP) is 4.50. The molecule has 1 amide bonds. The zero-order chi connectivity index (χ0) is 24.1. The van der Waals surface area contributed by atoms with Gasteiger partial charge in [-0.1, -0.05) is 35.1 Å². The van der Waals surface area contributed by atoms with E-state index in [4.69, 9.17) is 9.15 Å². The fraction of sp³-hybridized carbons (Fsp3) is 0.200. The first-order valence-corrected chi connectivity index (χ1v) is 11.5. The number of phenols is 1. The molecule has 34 heavy (non-hydrogen) atoms. The smallest absolute Gasteiger partial charge is 0.350 e. The van der Waals surface area contributed by atoms with Gasteiger partial charge in [-0.25, -0.2) is 9.78 Å². The summed E-state index contributed by atoms with van der Waals surface area (Å²) in [6.07, 6.45) is 0. The van der Waals surface area contributed by atoms with Crippen LogP contribution in [0.2, 0.25) is 0 Å². The van der Waals surface area contributed by atoms with Gasteiger partial charge in [0.1, 0.15) is 16.2 Å². The lowest BCUT2D eigenvalue weighted by molar-refractivity contribution is 0.0531. The minimum atomic E-state index is -0.843. The van der Waals surface area contributed by atoms with Gasteiger partial charge in [-0.15, -0.1) is 0 Å². The van der Waals surface area contributed by atoms with Gasteiger partial charge in [-0.2, -0.15) is 0 Å². The van der Waals surface area contributed by atoms with Crippen LogP contribution in [0.3, 0.4) is 0 Å². The van der Waals surface area contributed by atoms with E-state index in [1.54, 1.807) is 38.1 Å². The third-order valence-electron chi connectivity index (χ3n) is 5.69. The van der Waals surface area contributed by atoms with Crippen molar-refractivity contribution in [2.24, 2.45) is 0 Å². The topological polar surface area (TPSA) is 110 Å². The molecule has 172 valence electrons. The van der Waals surface area contributed by atoms with E-state index in [0.717, 1.165) is 16.9 Å². The van der Waals surface area contributed by atoms with Crippen molar-refractivity contribution in [2.75, 3.05) is 11.5 Å². The van der Waals surface area contributed by atoms with E-state index >= 15 is 0 Å². The fourth-order valence-electron chi connectivity index (χ4n) is 4.13. The molecule has 2 aromatic carbocycles. The molecule has 4 aromatic rings. The molecule has 0 radical (unpaired) electrons. The summed E-state index contributed by atoms with van der Waals surface area (Å²) in [5.41, 5.74) is 2.10. The van der Waals surface area contributed by atoms with Crippen LogP contribution in [0.25, 0.3) is 11.0 Å². The summed E-state index contributed by atoms with van der Waals surface area (Å²) in [6.45, 7) is 5.45. The van der Waals surface area contributed by atoms with Crippen LogP contribution < -0.4 is 10.3 Å². The third-order valence-corrected chi connectivity index (χ3v) is 6.82. The molecule has 8 nitrogen and oxygen atoms in total. The Bertz CT molecular complexity index is 1520. The van der Waals surface area contributed by atoms with Crippen LogP contribution in [-0.4, -0.2) is 28.6 Å². The second-order valence-corrected chi connectivity index (χ2v) is 8.95. The summed E-state index contributed by atoms with van der Waals surface area (Å²) in [6, 6.07) is 10.6. The number of aromatic nitrogens is 1. The molecular formula is C25H20N2O6S. The lowest BCUT2D eigenvalue weighted by Crippen LogP contribution is -2.29. The first-order chi connectivity index (χ1) is 16.3. The highest BCUT2D eigenvalue weighted by molar-refractivity contribution is 7.17. The molecule has 0 unspecified atom stereocenters. The molecule has 1 aliphatic rings. The number of ether oxygens (including phenoxy) is 1. The zero-order valence-corrected chi connectivity index (χ0v) is 19.4. The van der Waals surface area contributed by atoms with Crippen molar-refractivity contribution >= 4 is 39.3 Å². The van der Waals surface area contributed by atoms with Gasteiger partial charge in [-0.05, 0) is 50.6 Å². The van der Waals surface area contributed by atoms with Crippen molar-refractivity contribution < 1.29 is 23.8 Å².